The number of amides is 2. The van der Waals surface area contributed by atoms with Crippen molar-refractivity contribution in [1.29, 1.82) is 0 Å². The molecule has 1 heterocycles. The number of carbonyl (C=O) groups excluding carboxylic acids is 3. The molecule has 0 aliphatic carbocycles. The summed E-state index contributed by atoms with van der Waals surface area (Å²) in [5, 5.41) is 9.65. The van der Waals surface area contributed by atoms with Crippen LogP contribution in [-0.4, -0.2) is 28.1 Å². The average Bonchev–Trinajstić information content (AvgIpc) is 2.73. The van der Waals surface area contributed by atoms with E-state index in [1.54, 1.807) is 36.4 Å². The van der Waals surface area contributed by atoms with Gasteiger partial charge < -0.3 is 5.11 Å². The molecule has 2 aromatic rings. The van der Waals surface area contributed by atoms with Crippen LogP contribution in [0.2, 0.25) is 0 Å². The molecule has 0 saturated carbocycles. The molecule has 0 atom stereocenters. The van der Waals surface area contributed by atoms with Gasteiger partial charge in [0.05, 0.1) is 23.2 Å². The van der Waals surface area contributed by atoms with Gasteiger partial charge in [-0.15, -0.1) is 0 Å². The molecule has 1 aliphatic heterocycles. The first-order chi connectivity index (χ1) is 10.1. The maximum Gasteiger partial charge on any atom is 0.261 e. The fraction of sp³-hybridized carbons (Fsp3) is 0.0625. The lowest BCUT2D eigenvalue weighted by Gasteiger charge is -2.15. The van der Waals surface area contributed by atoms with Gasteiger partial charge in [0.25, 0.3) is 11.8 Å². The van der Waals surface area contributed by atoms with Crippen LogP contribution in [0.1, 0.15) is 36.6 Å². The molecule has 21 heavy (non-hydrogen) atoms. The van der Waals surface area contributed by atoms with Crippen LogP contribution in [-0.2, 0) is 6.54 Å². The highest BCUT2D eigenvalue weighted by Gasteiger charge is 2.35. The van der Waals surface area contributed by atoms with Crippen molar-refractivity contribution in [3.05, 3.63) is 64.7 Å². The number of hydrogen-bond acceptors (Lipinski definition) is 4. The number of phenols is 1. The van der Waals surface area contributed by atoms with E-state index in [4.69, 9.17) is 0 Å². The number of nitrogens with zero attached hydrogens (tertiary/aromatic N) is 1. The second kappa shape index (κ2) is 4.86. The van der Waals surface area contributed by atoms with Crippen LogP contribution in [0, 0.1) is 0 Å². The number of phenolic OH excluding ortho intramolecular Hbond substituents is 1. The van der Waals surface area contributed by atoms with Crippen molar-refractivity contribution in [2.45, 2.75) is 6.54 Å². The van der Waals surface area contributed by atoms with Crippen LogP contribution < -0.4 is 0 Å². The third-order valence-electron chi connectivity index (χ3n) is 3.50. The molecule has 0 bridgehead atoms. The number of aldehydes is 1. The zero-order chi connectivity index (χ0) is 15.0. The lowest BCUT2D eigenvalue weighted by molar-refractivity contribution is 0.0641. The van der Waals surface area contributed by atoms with Gasteiger partial charge in [-0.25, -0.2) is 0 Å². The van der Waals surface area contributed by atoms with Gasteiger partial charge in [0.15, 0.2) is 6.29 Å². The molecule has 5 heteroatoms. The van der Waals surface area contributed by atoms with Gasteiger partial charge in [-0.1, -0.05) is 24.3 Å². The summed E-state index contributed by atoms with van der Waals surface area (Å²) < 4.78 is 0. The van der Waals surface area contributed by atoms with Gasteiger partial charge in [0.2, 0.25) is 0 Å². The molecule has 0 aromatic heterocycles. The maximum atomic E-state index is 12.3. The van der Waals surface area contributed by atoms with Crippen LogP contribution in [0.4, 0.5) is 0 Å². The molecule has 2 amide bonds. The van der Waals surface area contributed by atoms with Crippen LogP contribution in [0.5, 0.6) is 5.75 Å². The van der Waals surface area contributed by atoms with E-state index in [0.29, 0.717) is 23.0 Å². The Balaban J connectivity index is 1.98. The highest BCUT2D eigenvalue weighted by molar-refractivity contribution is 6.21. The molecule has 1 aliphatic rings. The molecule has 0 saturated heterocycles. The summed E-state index contributed by atoms with van der Waals surface area (Å²) in [6.45, 7) is -0.0468. The van der Waals surface area contributed by atoms with E-state index in [1.165, 1.54) is 6.07 Å². The molecule has 0 fully saturated rings. The molecule has 0 unspecified atom stereocenters. The van der Waals surface area contributed by atoms with Crippen molar-refractivity contribution >= 4 is 18.1 Å². The Labute approximate surface area is 120 Å². The first-order valence-electron chi connectivity index (χ1n) is 6.34. The fourth-order valence-electron chi connectivity index (χ4n) is 2.43. The summed E-state index contributed by atoms with van der Waals surface area (Å²) in [5.74, 6) is -0.953. The van der Waals surface area contributed by atoms with Crippen LogP contribution in [0.15, 0.2) is 42.5 Å². The minimum Gasteiger partial charge on any atom is -0.507 e. The van der Waals surface area contributed by atoms with Gasteiger partial charge >= 0.3 is 0 Å². The van der Waals surface area contributed by atoms with E-state index in [-0.39, 0.29) is 17.9 Å². The Morgan fingerprint density at radius 2 is 1.57 bits per heavy atom. The van der Waals surface area contributed by atoms with Crippen LogP contribution >= 0.6 is 0 Å². The summed E-state index contributed by atoms with van der Waals surface area (Å²) in [4.78, 5) is 36.6. The minimum atomic E-state index is -0.393. The molecule has 0 radical (unpaired) electrons. The van der Waals surface area contributed by atoms with E-state index in [1.807, 2.05) is 0 Å². The largest absolute Gasteiger partial charge is 0.507 e. The minimum absolute atomic E-state index is 0.0468. The first-order valence-corrected chi connectivity index (χ1v) is 6.34. The molecule has 1 N–H and O–H groups in total. The zero-order valence-electron chi connectivity index (χ0n) is 10.9. The molecule has 2 aromatic carbocycles. The normalized spacial score (nSPS) is 13.4. The van der Waals surface area contributed by atoms with E-state index < -0.39 is 11.8 Å². The number of imide groups is 1. The highest BCUT2D eigenvalue weighted by Crippen LogP contribution is 2.26. The van der Waals surface area contributed by atoms with Gasteiger partial charge in [0.1, 0.15) is 5.75 Å². The quantitative estimate of drug-likeness (QED) is 0.689. The number of rotatable bonds is 3. The van der Waals surface area contributed by atoms with Gasteiger partial charge in [0, 0.05) is 0 Å². The average molecular weight is 281 g/mol. The smallest absolute Gasteiger partial charge is 0.261 e. The van der Waals surface area contributed by atoms with Crippen molar-refractivity contribution in [3.8, 4) is 5.75 Å². The van der Waals surface area contributed by atoms with E-state index >= 15 is 0 Å². The monoisotopic (exact) mass is 281 g/mol. The Morgan fingerprint density at radius 1 is 0.952 bits per heavy atom. The molecular weight excluding hydrogens is 270 g/mol. The second-order valence-electron chi connectivity index (χ2n) is 4.71. The molecule has 5 nitrogen and oxygen atoms in total. The van der Waals surface area contributed by atoms with Crippen molar-refractivity contribution in [3.63, 3.8) is 0 Å². The van der Waals surface area contributed by atoms with Crippen molar-refractivity contribution in [2.24, 2.45) is 0 Å². The summed E-state index contributed by atoms with van der Waals surface area (Å²) in [6.07, 6.45) is 0.517. The third-order valence-corrected chi connectivity index (χ3v) is 3.50. The van der Waals surface area contributed by atoms with E-state index in [2.05, 4.69) is 0 Å². The summed E-state index contributed by atoms with van der Waals surface area (Å²) >= 11 is 0. The highest BCUT2D eigenvalue weighted by atomic mass is 16.3. The summed E-state index contributed by atoms with van der Waals surface area (Å²) in [6, 6.07) is 11.1. The van der Waals surface area contributed by atoms with Crippen molar-refractivity contribution in [2.75, 3.05) is 0 Å². The predicted molar refractivity (Wildman–Crippen MR) is 74.1 cm³/mol. The number of benzene rings is 2. The number of hydrogen-bond donors (Lipinski definition) is 1. The van der Waals surface area contributed by atoms with Gasteiger partial charge in [-0.3, -0.25) is 19.3 Å². The van der Waals surface area contributed by atoms with E-state index in [9.17, 15) is 19.5 Å². The summed E-state index contributed by atoms with van der Waals surface area (Å²) in [5.41, 5.74) is 1.24. The van der Waals surface area contributed by atoms with Gasteiger partial charge in [-0.2, -0.15) is 0 Å². The van der Waals surface area contributed by atoms with Crippen LogP contribution in [0.3, 0.4) is 0 Å². The molecule has 3 rings (SSSR count). The predicted octanol–water partition coefficient (Wildman–Crippen LogP) is 2.00. The number of aromatic hydroxyl groups is 1. The Bertz CT molecular complexity index is 732. The van der Waals surface area contributed by atoms with Crippen LogP contribution in [0.25, 0.3) is 0 Å². The summed E-state index contributed by atoms with van der Waals surface area (Å²) in [7, 11) is 0. The first kappa shape index (κ1) is 13.1. The molecule has 104 valence electrons. The Hall–Kier alpha value is -2.95. The van der Waals surface area contributed by atoms with Gasteiger partial charge in [-0.05, 0) is 23.8 Å². The Morgan fingerprint density at radius 3 is 2.14 bits per heavy atom. The molecular formula is C16H11NO4. The van der Waals surface area contributed by atoms with Crippen molar-refractivity contribution < 1.29 is 19.5 Å². The number of fused-ring (bicyclic) bond motifs is 1. The lowest BCUT2D eigenvalue weighted by atomic mass is 10.1. The topological polar surface area (TPSA) is 74.7 Å². The molecule has 0 spiro atoms. The number of carbonyl (C=O) groups is 3. The lowest BCUT2D eigenvalue weighted by Crippen LogP contribution is -2.29. The zero-order valence-corrected chi connectivity index (χ0v) is 10.9. The standard InChI is InChI=1S/C16H11NO4/c18-9-13-10(4-3-7-14(13)19)8-17-15(20)11-5-1-2-6-12(11)16(17)21/h1-7,9,19H,8H2. The SMILES string of the molecule is O=Cc1c(O)cccc1CN1C(=O)c2ccccc2C1=O. The fourth-order valence-corrected chi connectivity index (χ4v) is 2.43. The second-order valence-corrected chi connectivity index (χ2v) is 4.71. The third kappa shape index (κ3) is 1.99. The van der Waals surface area contributed by atoms with E-state index in [0.717, 1.165) is 4.90 Å². The maximum absolute atomic E-state index is 12.3. The van der Waals surface area contributed by atoms with Crippen molar-refractivity contribution in [1.82, 2.24) is 4.90 Å². The Kier molecular flexibility index (Phi) is 3.02.